The Hall–Kier alpha value is -0.570. The number of likely N-dealkylation sites (tertiary alicyclic amines) is 1. The second-order valence-electron chi connectivity index (χ2n) is 4.64. The summed E-state index contributed by atoms with van der Waals surface area (Å²) in [6.07, 6.45) is 7.04. The molecule has 1 atom stereocenters. The van der Waals surface area contributed by atoms with Gasteiger partial charge in [-0.1, -0.05) is 19.3 Å². The lowest BCUT2D eigenvalue weighted by atomic mass is 9.94. The van der Waals surface area contributed by atoms with Crippen molar-refractivity contribution in [3.63, 3.8) is 0 Å². The average molecular weight is 196 g/mol. The lowest BCUT2D eigenvalue weighted by Gasteiger charge is -2.31. The van der Waals surface area contributed by atoms with Gasteiger partial charge in [-0.3, -0.25) is 4.79 Å². The van der Waals surface area contributed by atoms with E-state index in [1.807, 2.05) is 0 Å². The summed E-state index contributed by atoms with van der Waals surface area (Å²) >= 11 is 0. The molecule has 1 unspecified atom stereocenters. The predicted molar refractivity (Wildman–Crippen MR) is 55.7 cm³/mol. The highest BCUT2D eigenvalue weighted by molar-refractivity contribution is 5.79. The Balaban J connectivity index is 1.93. The van der Waals surface area contributed by atoms with Gasteiger partial charge in [0.2, 0.25) is 5.91 Å². The van der Waals surface area contributed by atoms with Crippen molar-refractivity contribution in [1.29, 1.82) is 0 Å². The van der Waals surface area contributed by atoms with Gasteiger partial charge in [0.1, 0.15) is 0 Å². The summed E-state index contributed by atoms with van der Waals surface area (Å²) in [6, 6.07) is 0.535. The number of rotatable bonds is 2. The van der Waals surface area contributed by atoms with Gasteiger partial charge < -0.3 is 10.6 Å². The molecule has 2 fully saturated rings. The van der Waals surface area contributed by atoms with Crippen LogP contribution in [0, 0.1) is 5.92 Å². The van der Waals surface area contributed by atoms with Gasteiger partial charge in [0.15, 0.2) is 0 Å². The van der Waals surface area contributed by atoms with E-state index in [0.717, 1.165) is 6.54 Å². The number of carbonyl (C=O) groups is 1. The highest BCUT2D eigenvalue weighted by Crippen LogP contribution is 2.27. The smallest absolute Gasteiger partial charge is 0.223 e. The molecule has 3 nitrogen and oxygen atoms in total. The maximum atomic E-state index is 11.7. The quantitative estimate of drug-likeness (QED) is 0.719. The number of nitrogens with two attached hydrogens (primary N) is 1. The maximum absolute atomic E-state index is 11.7. The lowest BCUT2D eigenvalue weighted by Crippen LogP contribution is -2.38. The van der Waals surface area contributed by atoms with Crippen LogP contribution in [0.4, 0.5) is 0 Å². The second-order valence-corrected chi connectivity index (χ2v) is 4.64. The fourth-order valence-corrected chi connectivity index (χ4v) is 2.71. The molecule has 1 aliphatic heterocycles. The normalized spacial score (nSPS) is 29.9. The molecule has 1 aliphatic carbocycles. The minimum absolute atomic E-state index is 0.340. The van der Waals surface area contributed by atoms with Crippen LogP contribution in [-0.2, 0) is 4.79 Å². The zero-order valence-corrected chi connectivity index (χ0v) is 8.74. The Morgan fingerprint density at radius 3 is 2.57 bits per heavy atom. The monoisotopic (exact) mass is 196 g/mol. The van der Waals surface area contributed by atoms with E-state index in [4.69, 9.17) is 5.73 Å². The van der Waals surface area contributed by atoms with Crippen molar-refractivity contribution in [2.75, 3.05) is 13.1 Å². The predicted octanol–water partition coefficient (Wildman–Crippen LogP) is 1.13. The summed E-state index contributed by atoms with van der Waals surface area (Å²) in [7, 11) is 0. The van der Waals surface area contributed by atoms with Crippen molar-refractivity contribution >= 4 is 5.91 Å². The number of hydrogen-bond donors (Lipinski definition) is 1. The number of nitrogens with zero attached hydrogens (tertiary/aromatic N) is 1. The van der Waals surface area contributed by atoms with Crippen molar-refractivity contribution in [3.05, 3.63) is 0 Å². The largest absolute Gasteiger partial charge is 0.339 e. The molecule has 0 aromatic rings. The first-order valence-electron chi connectivity index (χ1n) is 5.81. The third-order valence-corrected chi connectivity index (χ3v) is 3.59. The van der Waals surface area contributed by atoms with Gasteiger partial charge in [-0.05, 0) is 25.3 Å². The summed E-state index contributed by atoms with van der Waals surface area (Å²) in [4.78, 5) is 13.8. The summed E-state index contributed by atoms with van der Waals surface area (Å²) in [5.41, 5.74) is 5.61. The van der Waals surface area contributed by atoms with Gasteiger partial charge in [0.25, 0.3) is 0 Å². The first-order chi connectivity index (χ1) is 6.81. The van der Waals surface area contributed by atoms with E-state index in [1.165, 1.54) is 32.1 Å². The zero-order chi connectivity index (χ0) is 9.97. The van der Waals surface area contributed by atoms with E-state index >= 15 is 0 Å². The van der Waals surface area contributed by atoms with Crippen molar-refractivity contribution < 1.29 is 4.79 Å². The third kappa shape index (κ3) is 1.92. The van der Waals surface area contributed by atoms with E-state index in [-0.39, 0.29) is 0 Å². The Labute approximate surface area is 85.6 Å². The molecule has 2 N–H and O–H groups in total. The molecular weight excluding hydrogens is 176 g/mol. The topological polar surface area (TPSA) is 46.3 Å². The van der Waals surface area contributed by atoms with Crippen molar-refractivity contribution in [1.82, 2.24) is 4.90 Å². The molecule has 0 spiro atoms. The first-order valence-corrected chi connectivity index (χ1v) is 5.81. The molecule has 0 radical (unpaired) electrons. The maximum Gasteiger partial charge on any atom is 0.223 e. The average Bonchev–Trinajstić information content (AvgIpc) is 2.61. The van der Waals surface area contributed by atoms with Gasteiger partial charge in [0.05, 0.1) is 0 Å². The minimum Gasteiger partial charge on any atom is -0.339 e. The SMILES string of the molecule is NCC1CC(=O)N(C2CCCCC2)C1. The molecule has 14 heavy (non-hydrogen) atoms. The molecular formula is C11H20N2O. The van der Waals surface area contributed by atoms with E-state index in [9.17, 15) is 4.79 Å². The van der Waals surface area contributed by atoms with Crippen molar-refractivity contribution in [2.45, 2.75) is 44.6 Å². The Kier molecular flexibility index (Phi) is 3.06. The zero-order valence-electron chi connectivity index (χ0n) is 8.74. The fraction of sp³-hybridized carbons (Fsp3) is 0.909. The van der Waals surface area contributed by atoms with Crippen LogP contribution in [-0.4, -0.2) is 29.9 Å². The van der Waals surface area contributed by atoms with Crippen LogP contribution >= 0.6 is 0 Å². The number of hydrogen-bond acceptors (Lipinski definition) is 2. The van der Waals surface area contributed by atoms with Crippen LogP contribution in [0.2, 0.25) is 0 Å². The van der Waals surface area contributed by atoms with Crippen LogP contribution in [0.25, 0.3) is 0 Å². The van der Waals surface area contributed by atoms with Crippen LogP contribution in [0.1, 0.15) is 38.5 Å². The van der Waals surface area contributed by atoms with Crippen LogP contribution in [0.15, 0.2) is 0 Å². The van der Waals surface area contributed by atoms with Crippen molar-refractivity contribution in [2.24, 2.45) is 11.7 Å². The van der Waals surface area contributed by atoms with Gasteiger partial charge in [0, 0.05) is 19.0 Å². The van der Waals surface area contributed by atoms with Gasteiger partial charge in [-0.15, -0.1) is 0 Å². The third-order valence-electron chi connectivity index (χ3n) is 3.59. The van der Waals surface area contributed by atoms with Crippen molar-refractivity contribution in [3.8, 4) is 0 Å². The Morgan fingerprint density at radius 1 is 1.29 bits per heavy atom. The lowest BCUT2D eigenvalue weighted by molar-refractivity contribution is -0.130. The molecule has 0 aromatic carbocycles. The summed E-state index contributed by atoms with van der Waals surface area (Å²) < 4.78 is 0. The van der Waals surface area contributed by atoms with E-state index in [1.54, 1.807) is 0 Å². The van der Waals surface area contributed by atoms with E-state index in [2.05, 4.69) is 4.90 Å². The molecule has 80 valence electrons. The molecule has 0 bridgehead atoms. The molecule has 2 rings (SSSR count). The molecule has 1 amide bonds. The van der Waals surface area contributed by atoms with Gasteiger partial charge in [-0.2, -0.15) is 0 Å². The molecule has 1 saturated heterocycles. The fourth-order valence-electron chi connectivity index (χ4n) is 2.71. The standard InChI is InChI=1S/C11H20N2O/c12-7-9-6-11(14)13(8-9)10-4-2-1-3-5-10/h9-10H,1-8,12H2. The number of carbonyl (C=O) groups excluding carboxylic acids is 1. The van der Waals surface area contributed by atoms with Crippen LogP contribution < -0.4 is 5.73 Å². The van der Waals surface area contributed by atoms with E-state index < -0.39 is 0 Å². The minimum atomic E-state index is 0.340. The Bertz CT molecular complexity index is 211. The van der Waals surface area contributed by atoms with Gasteiger partial charge in [-0.25, -0.2) is 0 Å². The van der Waals surface area contributed by atoms with Gasteiger partial charge >= 0.3 is 0 Å². The van der Waals surface area contributed by atoms with Crippen LogP contribution in [0.3, 0.4) is 0 Å². The summed E-state index contributed by atoms with van der Waals surface area (Å²) in [5, 5.41) is 0. The highest BCUT2D eigenvalue weighted by atomic mass is 16.2. The summed E-state index contributed by atoms with van der Waals surface area (Å²) in [6.45, 7) is 1.58. The Morgan fingerprint density at radius 2 is 2.00 bits per heavy atom. The second kappa shape index (κ2) is 4.30. The molecule has 2 aliphatic rings. The summed E-state index contributed by atoms with van der Waals surface area (Å²) in [5.74, 6) is 0.761. The highest BCUT2D eigenvalue weighted by Gasteiger charge is 2.33. The number of amides is 1. The first kappa shape index (κ1) is 9.97. The molecule has 0 aromatic heterocycles. The molecule has 1 heterocycles. The molecule has 1 saturated carbocycles. The molecule has 3 heteroatoms. The van der Waals surface area contributed by atoms with E-state index in [0.29, 0.717) is 30.8 Å². The van der Waals surface area contributed by atoms with Crippen LogP contribution in [0.5, 0.6) is 0 Å².